The standard InChI is InChI=1S/C15H30N2O2/c1-2-19-15(9-5-3-4-6-10-15)14(17-16)13-7-11-18-12-8-13/h13-14,17H,2-12,16H2,1H3. The van der Waals surface area contributed by atoms with Gasteiger partial charge in [0.25, 0.3) is 0 Å². The minimum Gasteiger partial charge on any atom is -0.381 e. The maximum atomic E-state index is 6.27. The number of ether oxygens (including phenoxy) is 2. The molecule has 0 amide bonds. The zero-order valence-corrected chi connectivity index (χ0v) is 12.3. The molecule has 2 fully saturated rings. The van der Waals surface area contributed by atoms with Gasteiger partial charge >= 0.3 is 0 Å². The molecule has 4 heteroatoms. The molecule has 0 spiro atoms. The summed E-state index contributed by atoms with van der Waals surface area (Å²) in [5.41, 5.74) is 3.06. The van der Waals surface area contributed by atoms with Gasteiger partial charge in [-0.2, -0.15) is 0 Å². The molecular formula is C15H30N2O2. The Hall–Kier alpha value is -0.160. The van der Waals surface area contributed by atoms with E-state index in [-0.39, 0.29) is 11.6 Å². The first-order valence-electron chi connectivity index (χ1n) is 8.00. The number of nitrogens with one attached hydrogen (secondary N) is 1. The van der Waals surface area contributed by atoms with Crippen LogP contribution < -0.4 is 11.3 Å². The van der Waals surface area contributed by atoms with Crippen LogP contribution in [0.2, 0.25) is 0 Å². The summed E-state index contributed by atoms with van der Waals surface area (Å²) >= 11 is 0. The van der Waals surface area contributed by atoms with E-state index in [0.717, 1.165) is 45.5 Å². The van der Waals surface area contributed by atoms with Gasteiger partial charge in [0.05, 0.1) is 11.6 Å². The minimum absolute atomic E-state index is 0.0536. The Labute approximate surface area is 117 Å². The third kappa shape index (κ3) is 3.69. The van der Waals surface area contributed by atoms with E-state index in [0.29, 0.717) is 5.92 Å². The molecule has 2 rings (SSSR count). The predicted molar refractivity (Wildman–Crippen MR) is 76.7 cm³/mol. The number of hydrogen-bond acceptors (Lipinski definition) is 4. The zero-order valence-electron chi connectivity index (χ0n) is 12.3. The Kier molecular flexibility index (Phi) is 6.07. The highest BCUT2D eigenvalue weighted by atomic mass is 16.5. The second-order valence-corrected chi connectivity index (χ2v) is 6.01. The van der Waals surface area contributed by atoms with E-state index in [2.05, 4.69) is 12.3 Å². The number of hydrazine groups is 1. The van der Waals surface area contributed by atoms with Gasteiger partial charge in [0.15, 0.2) is 0 Å². The third-order valence-corrected chi connectivity index (χ3v) is 4.87. The maximum absolute atomic E-state index is 6.27. The monoisotopic (exact) mass is 270 g/mol. The molecule has 0 radical (unpaired) electrons. The Morgan fingerprint density at radius 1 is 1.21 bits per heavy atom. The van der Waals surface area contributed by atoms with Crippen molar-refractivity contribution < 1.29 is 9.47 Å². The maximum Gasteiger partial charge on any atom is 0.0850 e. The molecule has 4 nitrogen and oxygen atoms in total. The van der Waals surface area contributed by atoms with E-state index in [1.54, 1.807) is 0 Å². The summed E-state index contributed by atoms with van der Waals surface area (Å²) in [6.07, 6.45) is 9.69. The topological polar surface area (TPSA) is 56.5 Å². The lowest BCUT2D eigenvalue weighted by Crippen LogP contribution is -2.59. The van der Waals surface area contributed by atoms with Gasteiger partial charge in [0, 0.05) is 19.8 Å². The average molecular weight is 270 g/mol. The molecule has 0 bridgehead atoms. The first-order valence-corrected chi connectivity index (χ1v) is 8.00. The average Bonchev–Trinajstić information content (AvgIpc) is 2.68. The van der Waals surface area contributed by atoms with Crippen molar-refractivity contribution in [3.8, 4) is 0 Å². The van der Waals surface area contributed by atoms with Gasteiger partial charge in [-0.3, -0.25) is 11.3 Å². The molecule has 19 heavy (non-hydrogen) atoms. The van der Waals surface area contributed by atoms with E-state index in [9.17, 15) is 0 Å². The van der Waals surface area contributed by atoms with Crippen molar-refractivity contribution in [3.63, 3.8) is 0 Å². The Morgan fingerprint density at radius 2 is 1.84 bits per heavy atom. The lowest BCUT2D eigenvalue weighted by molar-refractivity contribution is -0.101. The highest BCUT2D eigenvalue weighted by Gasteiger charge is 2.43. The van der Waals surface area contributed by atoms with E-state index in [1.165, 1.54) is 25.7 Å². The Bertz CT molecular complexity index is 247. The fourth-order valence-electron chi connectivity index (χ4n) is 3.93. The number of rotatable bonds is 5. The first kappa shape index (κ1) is 15.2. The summed E-state index contributed by atoms with van der Waals surface area (Å²) in [6, 6.07) is 0.273. The molecule has 1 aliphatic carbocycles. The molecule has 0 aromatic carbocycles. The summed E-state index contributed by atoms with van der Waals surface area (Å²) in [4.78, 5) is 0. The van der Waals surface area contributed by atoms with Gasteiger partial charge in [-0.05, 0) is 38.5 Å². The minimum atomic E-state index is -0.0536. The third-order valence-electron chi connectivity index (χ3n) is 4.87. The fourth-order valence-corrected chi connectivity index (χ4v) is 3.93. The summed E-state index contributed by atoms with van der Waals surface area (Å²) in [5.74, 6) is 6.52. The highest BCUT2D eigenvalue weighted by molar-refractivity contribution is 4.97. The van der Waals surface area contributed by atoms with E-state index >= 15 is 0 Å². The second kappa shape index (κ2) is 7.58. The molecule has 1 saturated carbocycles. The van der Waals surface area contributed by atoms with Gasteiger partial charge in [0.1, 0.15) is 0 Å². The molecule has 1 heterocycles. The van der Waals surface area contributed by atoms with Crippen LogP contribution in [0.4, 0.5) is 0 Å². The molecule has 1 aliphatic heterocycles. The zero-order chi connectivity index (χ0) is 13.6. The molecule has 2 aliphatic rings. The fraction of sp³-hybridized carbons (Fsp3) is 1.00. The van der Waals surface area contributed by atoms with Crippen LogP contribution in [0.25, 0.3) is 0 Å². The molecule has 112 valence electrons. The van der Waals surface area contributed by atoms with Crippen molar-refractivity contribution in [1.82, 2.24) is 5.43 Å². The Morgan fingerprint density at radius 3 is 2.37 bits per heavy atom. The smallest absolute Gasteiger partial charge is 0.0850 e. The molecule has 1 atom stereocenters. The van der Waals surface area contributed by atoms with E-state index in [4.69, 9.17) is 15.3 Å². The van der Waals surface area contributed by atoms with Crippen LogP contribution in [0, 0.1) is 5.92 Å². The van der Waals surface area contributed by atoms with Crippen molar-refractivity contribution in [2.75, 3.05) is 19.8 Å². The number of hydrogen-bond donors (Lipinski definition) is 2. The Balaban J connectivity index is 2.12. The van der Waals surface area contributed by atoms with Crippen LogP contribution in [-0.4, -0.2) is 31.5 Å². The van der Waals surface area contributed by atoms with E-state index in [1.807, 2.05) is 0 Å². The normalized spacial score (nSPS) is 26.8. The lowest BCUT2D eigenvalue weighted by Gasteiger charge is -2.44. The first-order chi connectivity index (χ1) is 9.32. The van der Waals surface area contributed by atoms with Crippen LogP contribution in [0.15, 0.2) is 0 Å². The van der Waals surface area contributed by atoms with Crippen LogP contribution in [0.1, 0.15) is 58.3 Å². The highest BCUT2D eigenvalue weighted by Crippen LogP contribution is 2.38. The molecular weight excluding hydrogens is 240 g/mol. The molecule has 3 N–H and O–H groups in total. The van der Waals surface area contributed by atoms with Gasteiger partial charge in [-0.15, -0.1) is 0 Å². The van der Waals surface area contributed by atoms with Crippen molar-refractivity contribution in [3.05, 3.63) is 0 Å². The van der Waals surface area contributed by atoms with Gasteiger partial charge in [-0.1, -0.05) is 25.7 Å². The van der Waals surface area contributed by atoms with Gasteiger partial charge in [-0.25, -0.2) is 0 Å². The summed E-state index contributed by atoms with van der Waals surface area (Å²) in [6.45, 7) is 4.61. The largest absolute Gasteiger partial charge is 0.381 e. The van der Waals surface area contributed by atoms with Gasteiger partial charge in [0.2, 0.25) is 0 Å². The molecule has 0 aromatic heterocycles. The van der Waals surface area contributed by atoms with Crippen molar-refractivity contribution in [2.45, 2.75) is 69.9 Å². The lowest BCUT2D eigenvalue weighted by atomic mass is 9.76. The van der Waals surface area contributed by atoms with Crippen molar-refractivity contribution in [2.24, 2.45) is 11.8 Å². The predicted octanol–water partition coefficient (Wildman–Crippen LogP) is 2.37. The molecule has 0 aromatic rings. The van der Waals surface area contributed by atoms with Crippen LogP contribution in [-0.2, 0) is 9.47 Å². The summed E-state index contributed by atoms with van der Waals surface area (Å²) in [7, 11) is 0. The van der Waals surface area contributed by atoms with Crippen LogP contribution in [0.5, 0.6) is 0 Å². The van der Waals surface area contributed by atoms with Gasteiger partial charge < -0.3 is 9.47 Å². The quantitative estimate of drug-likeness (QED) is 0.457. The SMILES string of the molecule is CCOC1(C(NN)C2CCOCC2)CCCCCC1. The second-order valence-electron chi connectivity index (χ2n) is 6.01. The summed E-state index contributed by atoms with van der Waals surface area (Å²) in [5, 5.41) is 0. The van der Waals surface area contributed by atoms with Crippen molar-refractivity contribution >= 4 is 0 Å². The molecule has 1 saturated heterocycles. The van der Waals surface area contributed by atoms with E-state index < -0.39 is 0 Å². The van der Waals surface area contributed by atoms with Crippen LogP contribution in [0.3, 0.4) is 0 Å². The number of nitrogens with two attached hydrogens (primary N) is 1. The van der Waals surface area contributed by atoms with Crippen molar-refractivity contribution in [1.29, 1.82) is 0 Å². The summed E-state index contributed by atoms with van der Waals surface area (Å²) < 4.78 is 11.8. The van der Waals surface area contributed by atoms with Crippen LogP contribution >= 0.6 is 0 Å². The molecule has 1 unspecified atom stereocenters.